The van der Waals surface area contributed by atoms with Crippen LogP contribution in [0.25, 0.3) is 0 Å². The van der Waals surface area contributed by atoms with Crippen molar-refractivity contribution in [3.8, 4) is 11.5 Å². The van der Waals surface area contributed by atoms with Crippen molar-refractivity contribution in [2.75, 3.05) is 0 Å². The third kappa shape index (κ3) is 2.19. The second kappa shape index (κ2) is 4.69. The zero-order chi connectivity index (χ0) is 13.6. The predicted molar refractivity (Wildman–Crippen MR) is 78.5 cm³/mol. The molecular formula is C15H14O2S2. The fourth-order valence-corrected chi connectivity index (χ4v) is 4.76. The Balaban J connectivity index is 2.15. The van der Waals surface area contributed by atoms with Gasteiger partial charge in [0.1, 0.15) is 11.5 Å². The van der Waals surface area contributed by atoms with E-state index in [1.807, 2.05) is 12.1 Å². The van der Waals surface area contributed by atoms with Crippen molar-refractivity contribution in [1.82, 2.24) is 0 Å². The molecule has 1 aliphatic heterocycles. The zero-order valence-electron chi connectivity index (χ0n) is 10.7. The lowest BCUT2D eigenvalue weighted by Gasteiger charge is -2.23. The van der Waals surface area contributed by atoms with Gasteiger partial charge in [-0.1, -0.05) is 37.4 Å². The van der Waals surface area contributed by atoms with Gasteiger partial charge >= 0.3 is 0 Å². The number of hydrogen-bond donors (Lipinski definition) is 2. The molecule has 0 saturated carbocycles. The molecule has 2 N–H and O–H groups in total. The predicted octanol–water partition coefficient (Wildman–Crippen LogP) is 4.84. The lowest BCUT2D eigenvalue weighted by atomic mass is 10.0. The zero-order valence-corrected chi connectivity index (χ0v) is 12.3. The molecule has 0 aromatic heterocycles. The Bertz CT molecular complexity index is 651. The maximum atomic E-state index is 10.1. The van der Waals surface area contributed by atoms with E-state index in [4.69, 9.17) is 0 Å². The van der Waals surface area contributed by atoms with Crippen molar-refractivity contribution < 1.29 is 10.2 Å². The van der Waals surface area contributed by atoms with Crippen molar-refractivity contribution >= 4 is 23.5 Å². The molecule has 3 rings (SSSR count). The van der Waals surface area contributed by atoms with E-state index in [0.717, 1.165) is 20.2 Å². The van der Waals surface area contributed by atoms with E-state index in [9.17, 15) is 10.2 Å². The maximum absolute atomic E-state index is 10.1. The Morgan fingerprint density at radius 2 is 1.63 bits per heavy atom. The number of hydrogen-bond acceptors (Lipinski definition) is 4. The summed E-state index contributed by atoms with van der Waals surface area (Å²) in [6.07, 6.45) is 0. The summed E-state index contributed by atoms with van der Waals surface area (Å²) in [6.45, 7) is 4.16. The minimum Gasteiger partial charge on any atom is -0.508 e. The van der Waals surface area contributed by atoms with Gasteiger partial charge in [0.2, 0.25) is 0 Å². The monoisotopic (exact) mass is 290 g/mol. The Labute approximate surface area is 120 Å². The topological polar surface area (TPSA) is 40.5 Å². The van der Waals surface area contributed by atoms with Crippen LogP contribution in [0.1, 0.15) is 25.3 Å². The van der Waals surface area contributed by atoms with Crippen LogP contribution >= 0.6 is 23.5 Å². The molecule has 98 valence electrons. The number of aromatic hydroxyl groups is 2. The Morgan fingerprint density at radius 3 is 2.37 bits per heavy atom. The van der Waals surface area contributed by atoms with E-state index in [1.54, 1.807) is 41.7 Å². The highest BCUT2D eigenvalue weighted by molar-refractivity contribution is 8.05. The molecule has 1 heterocycles. The minimum absolute atomic E-state index is 0.266. The van der Waals surface area contributed by atoms with Crippen LogP contribution in [-0.2, 0) is 0 Å². The molecular weight excluding hydrogens is 276 g/mol. The molecule has 0 aliphatic carbocycles. The Morgan fingerprint density at radius 1 is 0.895 bits per heavy atom. The van der Waals surface area contributed by atoms with Crippen LogP contribution in [0, 0.1) is 0 Å². The normalized spacial score (nSPS) is 13.2. The largest absolute Gasteiger partial charge is 0.508 e. The standard InChI is InChI=1S/C15H14O2S2/c1-8(2)14-10(17)4-6-12-15(14)19-13-7-9(16)3-5-11(13)18-12/h3-8,16-17H,1-2H3. The summed E-state index contributed by atoms with van der Waals surface area (Å²) < 4.78 is 0. The molecule has 19 heavy (non-hydrogen) atoms. The number of phenolic OH excluding ortho intramolecular Hbond substituents is 2. The minimum atomic E-state index is 0.266. The molecule has 2 aromatic carbocycles. The van der Waals surface area contributed by atoms with Crippen molar-refractivity contribution in [2.24, 2.45) is 0 Å². The van der Waals surface area contributed by atoms with E-state index in [0.29, 0.717) is 5.75 Å². The molecule has 0 bridgehead atoms. The SMILES string of the molecule is CC(C)c1c(O)ccc2c1Sc1cc(O)ccc1S2. The molecule has 1 aliphatic rings. The fourth-order valence-electron chi connectivity index (χ4n) is 2.20. The molecule has 2 nitrogen and oxygen atoms in total. The van der Waals surface area contributed by atoms with Gasteiger partial charge in [0.25, 0.3) is 0 Å². The van der Waals surface area contributed by atoms with Crippen LogP contribution in [0.2, 0.25) is 0 Å². The third-order valence-corrected chi connectivity index (χ3v) is 5.67. The Kier molecular flexibility index (Phi) is 3.15. The highest BCUT2D eigenvalue weighted by atomic mass is 32.2. The molecule has 2 aromatic rings. The van der Waals surface area contributed by atoms with Crippen molar-refractivity contribution in [1.29, 1.82) is 0 Å². The lowest BCUT2D eigenvalue weighted by molar-refractivity contribution is 0.461. The van der Waals surface area contributed by atoms with Crippen molar-refractivity contribution in [3.05, 3.63) is 35.9 Å². The average Bonchev–Trinajstić information content (AvgIpc) is 2.35. The molecule has 0 atom stereocenters. The summed E-state index contributed by atoms with van der Waals surface area (Å²) in [6, 6.07) is 9.16. The highest BCUT2D eigenvalue weighted by Gasteiger charge is 2.23. The van der Waals surface area contributed by atoms with Gasteiger partial charge in [-0.2, -0.15) is 0 Å². The lowest BCUT2D eigenvalue weighted by Crippen LogP contribution is -1.97. The number of fused-ring (bicyclic) bond motifs is 2. The number of benzene rings is 2. The van der Waals surface area contributed by atoms with Crippen LogP contribution in [0.5, 0.6) is 11.5 Å². The average molecular weight is 290 g/mol. The Hall–Kier alpha value is -1.26. The number of rotatable bonds is 1. The fraction of sp³-hybridized carbons (Fsp3) is 0.200. The second-order valence-corrected chi connectivity index (χ2v) is 6.95. The van der Waals surface area contributed by atoms with Gasteiger partial charge in [-0.25, -0.2) is 0 Å². The van der Waals surface area contributed by atoms with E-state index in [1.165, 1.54) is 4.90 Å². The van der Waals surface area contributed by atoms with Gasteiger partial charge in [0, 0.05) is 25.1 Å². The van der Waals surface area contributed by atoms with E-state index >= 15 is 0 Å². The molecule has 4 heteroatoms. The maximum Gasteiger partial charge on any atom is 0.120 e. The first-order valence-corrected chi connectivity index (χ1v) is 7.74. The van der Waals surface area contributed by atoms with Gasteiger partial charge < -0.3 is 10.2 Å². The number of phenols is 2. The van der Waals surface area contributed by atoms with Crippen LogP contribution in [0.4, 0.5) is 0 Å². The first-order valence-electron chi connectivity index (χ1n) is 6.11. The third-order valence-electron chi connectivity index (χ3n) is 3.07. The van der Waals surface area contributed by atoms with Gasteiger partial charge in [-0.15, -0.1) is 0 Å². The smallest absolute Gasteiger partial charge is 0.120 e. The molecule has 0 radical (unpaired) electrons. The second-order valence-electron chi connectivity index (χ2n) is 4.82. The molecule has 0 spiro atoms. The van der Waals surface area contributed by atoms with Crippen LogP contribution in [-0.4, -0.2) is 10.2 Å². The van der Waals surface area contributed by atoms with Gasteiger partial charge in [0.15, 0.2) is 0 Å². The van der Waals surface area contributed by atoms with Gasteiger partial charge in [-0.3, -0.25) is 0 Å². The summed E-state index contributed by atoms with van der Waals surface area (Å²) in [4.78, 5) is 4.48. The van der Waals surface area contributed by atoms with Crippen LogP contribution < -0.4 is 0 Å². The highest BCUT2D eigenvalue weighted by Crippen LogP contribution is 2.53. The van der Waals surface area contributed by atoms with E-state index < -0.39 is 0 Å². The summed E-state index contributed by atoms with van der Waals surface area (Å²) >= 11 is 3.31. The first-order chi connectivity index (χ1) is 9.06. The molecule has 0 unspecified atom stereocenters. The summed E-state index contributed by atoms with van der Waals surface area (Å²) in [5.74, 6) is 0.897. The molecule has 0 amide bonds. The summed E-state index contributed by atoms with van der Waals surface area (Å²) in [7, 11) is 0. The van der Waals surface area contributed by atoms with E-state index in [2.05, 4.69) is 13.8 Å². The van der Waals surface area contributed by atoms with Gasteiger partial charge in [0.05, 0.1) is 0 Å². The summed E-state index contributed by atoms with van der Waals surface area (Å²) in [5, 5.41) is 19.7. The quantitative estimate of drug-likeness (QED) is 0.673. The van der Waals surface area contributed by atoms with Crippen LogP contribution in [0.3, 0.4) is 0 Å². The first kappa shape index (κ1) is 12.8. The van der Waals surface area contributed by atoms with Gasteiger partial charge in [-0.05, 0) is 36.2 Å². The van der Waals surface area contributed by atoms with E-state index in [-0.39, 0.29) is 11.7 Å². The van der Waals surface area contributed by atoms with Crippen LogP contribution in [0.15, 0.2) is 49.9 Å². The summed E-state index contributed by atoms with van der Waals surface area (Å²) in [5.41, 5.74) is 0.990. The van der Waals surface area contributed by atoms with Crippen molar-refractivity contribution in [2.45, 2.75) is 39.3 Å². The molecule has 0 fully saturated rings. The van der Waals surface area contributed by atoms with Crippen molar-refractivity contribution in [3.63, 3.8) is 0 Å². The molecule has 0 saturated heterocycles.